The third kappa shape index (κ3) is 6.84. The average molecular weight is 583 g/mol. The summed E-state index contributed by atoms with van der Waals surface area (Å²) in [5, 5.41) is 10.7. The average Bonchev–Trinajstić information content (AvgIpc) is 3.15. The van der Waals surface area contributed by atoms with Crippen LogP contribution in [0.5, 0.6) is 5.75 Å². The van der Waals surface area contributed by atoms with Crippen molar-refractivity contribution >= 4 is 14.1 Å². The van der Waals surface area contributed by atoms with Crippen LogP contribution in [0.25, 0.3) is 0 Å². The summed E-state index contributed by atoms with van der Waals surface area (Å²) in [6, 6.07) is 8.16. The van der Waals surface area contributed by atoms with Crippen LogP contribution in [0.3, 0.4) is 0 Å². The molecule has 0 radical (unpaired) electrons. The molecule has 4 rings (SSSR count). The molecular weight excluding hydrogens is 548 g/mol. The van der Waals surface area contributed by atoms with Crippen molar-refractivity contribution in [2.75, 3.05) is 6.61 Å². The molecule has 2 N–H and O–H groups in total. The van der Waals surface area contributed by atoms with Gasteiger partial charge >= 0.3 is 19.8 Å². The Kier molecular flexibility index (Phi) is 9.85. The van der Waals surface area contributed by atoms with Gasteiger partial charge in [0.1, 0.15) is 24.9 Å². The number of nitrogens with one attached hydrogen (secondary N) is 1. The van der Waals surface area contributed by atoms with Gasteiger partial charge in [0.05, 0.1) is 4.83 Å². The van der Waals surface area contributed by atoms with Crippen LogP contribution in [-0.2, 0) is 23.7 Å². The van der Waals surface area contributed by atoms with Crippen LogP contribution in [0.2, 0.25) is 0 Å². The number of aliphatic hydroxyl groups is 1. The third-order valence-electron chi connectivity index (χ3n) is 7.04. The molecule has 1 aromatic carbocycles. The number of H-pyrrole nitrogens is 1. The molecule has 218 valence electrons. The molecule has 2 aliphatic rings. The Labute approximate surface area is 230 Å². The highest BCUT2D eigenvalue weighted by Crippen LogP contribution is 2.42. The molecule has 1 saturated heterocycles. The van der Waals surface area contributed by atoms with Gasteiger partial charge in [0.2, 0.25) is 0 Å². The lowest BCUT2D eigenvalue weighted by molar-refractivity contribution is -0.187. The predicted molar refractivity (Wildman–Crippen MR) is 140 cm³/mol. The Balaban J connectivity index is 1.53. The number of para-hydroxylation sites is 1. The number of ether oxygens (including phenoxy) is 2. The van der Waals surface area contributed by atoms with E-state index in [-0.39, 0.29) is 18.3 Å². The quantitative estimate of drug-likeness (QED) is 0.230. The Morgan fingerprint density at radius 3 is 2.60 bits per heavy atom. The zero-order valence-electron chi connectivity index (χ0n) is 22.3. The summed E-state index contributed by atoms with van der Waals surface area (Å²) in [5.74, 6) is -0.381. The molecule has 40 heavy (non-hydrogen) atoms. The lowest BCUT2D eigenvalue weighted by Crippen LogP contribution is -2.45. The summed E-state index contributed by atoms with van der Waals surface area (Å²) in [5.41, 5.74) is -4.07. The minimum atomic E-state index is -2.81. The number of halogens is 1. The van der Waals surface area contributed by atoms with E-state index in [4.69, 9.17) is 18.8 Å². The molecule has 1 aromatic heterocycles. The SMILES string of the molecule is CC[C@@H](C(=O)OC1CCCCC1)N(OC[C@H]1O[C@@H](n2ccc(=O)[nH]c2=O)[C@](C)(F)[C@@H]1O)[P+](=O)Oc1ccccc1. The number of esters is 1. The maximum absolute atomic E-state index is 15.6. The van der Waals surface area contributed by atoms with Gasteiger partial charge in [-0.3, -0.25) is 24.0 Å². The fourth-order valence-corrected chi connectivity index (χ4v) is 5.84. The topological polar surface area (TPSA) is 149 Å². The minimum Gasteiger partial charge on any atom is -0.461 e. The maximum atomic E-state index is 15.6. The van der Waals surface area contributed by atoms with E-state index < -0.39 is 62.2 Å². The van der Waals surface area contributed by atoms with Crippen molar-refractivity contribution in [1.82, 2.24) is 14.4 Å². The molecular formula is C26H34FN3O9P+. The van der Waals surface area contributed by atoms with Gasteiger partial charge in [-0.1, -0.05) is 31.5 Å². The molecule has 0 bridgehead atoms. The number of carbonyl (C=O) groups excluding carboxylic acids is 1. The van der Waals surface area contributed by atoms with E-state index in [9.17, 15) is 24.1 Å². The fraction of sp³-hybridized carbons (Fsp3) is 0.577. The summed E-state index contributed by atoms with van der Waals surface area (Å²) >= 11 is 0. The van der Waals surface area contributed by atoms with Crippen LogP contribution in [0.1, 0.15) is 58.6 Å². The Bertz CT molecular complexity index is 1280. The lowest BCUT2D eigenvalue weighted by atomic mass is 9.98. The van der Waals surface area contributed by atoms with Crippen LogP contribution in [-0.4, -0.2) is 62.1 Å². The predicted octanol–water partition coefficient (Wildman–Crippen LogP) is 3.15. The van der Waals surface area contributed by atoms with Crippen molar-refractivity contribution in [3.8, 4) is 5.75 Å². The standard InChI is InChI=1S/C26H33FN3O9P/c1-3-19(23(33)37-17-10-6-4-7-11-17)30(40(35)39-18-12-8-5-9-13-18)36-16-20-22(32)26(2,27)24(38-20)29-15-14-21(31)28-25(29)34/h5,8-9,12-15,17,19-20,22,24,32H,3-4,6-7,10-11,16H2,1-2H3/p+1/t19-,20+,22+,24+,26+/m0/s1. The molecule has 1 saturated carbocycles. The van der Waals surface area contributed by atoms with Gasteiger partial charge < -0.3 is 14.6 Å². The van der Waals surface area contributed by atoms with Crippen molar-refractivity contribution in [2.45, 2.75) is 88.6 Å². The normalized spacial score (nSPS) is 26.4. The van der Waals surface area contributed by atoms with E-state index in [0.29, 0.717) is 0 Å². The van der Waals surface area contributed by atoms with E-state index in [1.54, 1.807) is 37.3 Å². The number of aromatic nitrogens is 2. The molecule has 2 heterocycles. The first-order chi connectivity index (χ1) is 19.1. The van der Waals surface area contributed by atoms with Gasteiger partial charge in [-0.25, -0.2) is 13.7 Å². The van der Waals surface area contributed by atoms with Crippen LogP contribution < -0.4 is 15.8 Å². The van der Waals surface area contributed by atoms with Crippen molar-refractivity contribution < 1.29 is 37.7 Å². The Hall–Kier alpha value is -2.96. The van der Waals surface area contributed by atoms with Crippen molar-refractivity contribution in [1.29, 1.82) is 0 Å². The second-order valence-corrected chi connectivity index (χ2v) is 11.1. The number of hydrogen-bond acceptors (Lipinski definition) is 9. The molecule has 6 atom stereocenters. The number of rotatable bonds is 11. The second-order valence-electron chi connectivity index (χ2n) is 10.0. The zero-order chi connectivity index (χ0) is 28.9. The van der Waals surface area contributed by atoms with Gasteiger partial charge in [0.15, 0.2) is 23.7 Å². The van der Waals surface area contributed by atoms with Gasteiger partial charge in [-0.15, -0.1) is 0 Å². The molecule has 0 amide bonds. The van der Waals surface area contributed by atoms with E-state index in [1.807, 2.05) is 4.98 Å². The monoisotopic (exact) mass is 582 g/mol. The third-order valence-corrected chi connectivity index (χ3v) is 8.12. The number of alkyl halides is 1. The summed E-state index contributed by atoms with van der Waals surface area (Å²) in [7, 11) is -2.81. The first kappa shape index (κ1) is 30.0. The maximum Gasteiger partial charge on any atom is 0.693 e. The van der Waals surface area contributed by atoms with Crippen LogP contribution in [0.15, 0.2) is 52.2 Å². The van der Waals surface area contributed by atoms with Gasteiger partial charge in [0.25, 0.3) is 5.56 Å². The van der Waals surface area contributed by atoms with E-state index in [1.165, 1.54) is 0 Å². The highest BCUT2D eigenvalue weighted by molar-refractivity contribution is 7.36. The number of aromatic amines is 1. The number of aliphatic hydroxyl groups excluding tert-OH is 1. The molecule has 1 aliphatic carbocycles. The molecule has 0 spiro atoms. The summed E-state index contributed by atoms with van der Waals surface area (Å²) in [6.07, 6.45) is 0.665. The first-order valence-electron chi connectivity index (χ1n) is 13.3. The van der Waals surface area contributed by atoms with E-state index in [0.717, 1.165) is 60.7 Å². The number of carbonyl (C=O) groups is 1. The highest BCUT2D eigenvalue weighted by atomic mass is 31.1. The summed E-state index contributed by atoms with van der Waals surface area (Å²) in [4.78, 5) is 45.5. The van der Waals surface area contributed by atoms with Gasteiger partial charge in [-0.05, 0) is 51.2 Å². The number of nitrogens with zero attached hydrogens (tertiary/aromatic N) is 2. The summed E-state index contributed by atoms with van der Waals surface area (Å²) < 4.78 is 46.7. The number of hydrogen-bond donors (Lipinski definition) is 2. The van der Waals surface area contributed by atoms with Crippen LogP contribution >= 0.6 is 8.18 Å². The lowest BCUT2D eigenvalue weighted by Gasteiger charge is -2.26. The molecule has 12 nitrogen and oxygen atoms in total. The fourth-order valence-electron chi connectivity index (χ4n) is 4.81. The number of benzene rings is 1. The molecule has 2 fully saturated rings. The molecule has 2 aromatic rings. The van der Waals surface area contributed by atoms with Crippen molar-refractivity contribution in [3.63, 3.8) is 0 Å². The zero-order valence-corrected chi connectivity index (χ0v) is 23.2. The van der Waals surface area contributed by atoms with Gasteiger partial charge in [0, 0.05) is 16.8 Å². The van der Waals surface area contributed by atoms with Crippen LogP contribution in [0.4, 0.5) is 4.39 Å². The highest BCUT2D eigenvalue weighted by Gasteiger charge is 2.56. The molecule has 1 unspecified atom stereocenters. The van der Waals surface area contributed by atoms with Crippen molar-refractivity contribution in [2.24, 2.45) is 0 Å². The minimum absolute atomic E-state index is 0.148. The molecule has 14 heteroatoms. The smallest absolute Gasteiger partial charge is 0.461 e. The van der Waals surface area contributed by atoms with E-state index >= 15 is 4.39 Å². The van der Waals surface area contributed by atoms with Gasteiger partial charge in [-0.2, -0.15) is 0 Å². The summed E-state index contributed by atoms with van der Waals surface area (Å²) in [6.45, 7) is 2.20. The Morgan fingerprint density at radius 1 is 1.25 bits per heavy atom. The largest absolute Gasteiger partial charge is 0.693 e. The van der Waals surface area contributed by atoms with Crippen LogP contribution in [0, 0.1) is 0 Å². The second kappa shape index (κ2) is 13.1. The van der Waals surface area contributed by atoms with Crippen molar-refractivity contribution in [3.05, 3.63) is 63.4 Å². The van der Waals surface area contributed by atoms with E-state index in [2.05, 4.69) is 0 Å². The first-order valence-corrected chi connectivity index (χ1v) is 14.4. The number of hydroxylamine groups is 1. The Morgan fingerprint density at radius 2 is 1.95 bits per heavy atom. The molecule has 1 aliphatic heterocycles.